The molecule has 1 N–H and O–H groups in total. The third-order valence-electron chi connectivity index (χ3n) is 2.56. The summed E-state index contributed by atoms with van der Waals surface area (Å²) in [6.07, 6.45) is 2.05. The van der Waals surface area contributed by atoms with Crippen LogP contribution in [0.25, 0.3) is 0 Å². The molecule has 0 saturated carbocycles. The van der Waals surface area contributed by atoms with Crippen LogP contribution in [-0.4, -0.2) is 32.0 Å². The molecular formula is C11H18N2O3. The molecule has 0 aromatic carbocycles. The van der Waals surface area contributed by atoms with Gasteiger partial charge in [-0.3, -0.25) is 0 Å². The van der Waals surface area contributed by atoms with Gasteiger partial charge in [0.05, 0.1) is 31.2 Å². The molecule has 0 spiro atoms. The number of nitriles is 1. The van der Waals surface area contributed by atoms with Crippen LogP contribution in [0.15, 0.2) is 0 Å². The number of nitrogens with zero attached hydrogens (tertiary/aromatic N) is 1. The Kier molecular flexibility index (Phi) is 5.65. The van der Waals surface area contributed by atoms with E-state index < -0.39 is 6.09 Å². The van der Waals surface area contributed by atoms with Crippen LogP contribution in [-0.2, 0) is 9.47 Å². The van der Waals surface area contributed by atoms with Gasteiger partial charge in [0.25, 0.3) is 0 Å². The van der Waals surface area contributed by atoms with Crippen molar-refractivity contribution in [1.82, 2.24) is 5.32 Å². The Bertz CT molecular complexity index is 262. The average Bonchev–Trinajstić information content (AvgIpc) is 2.30. The van der Waals surface area contributed by atoms with Crippen molar-refractivity contribution < 1.29 is 14.3 Å². The first-order valence-corrected chi connectivity index (χ1v) is 5.68. The van der Waals surface area contributed by atoms with E-state index in [1.165, 1.54) is 0 Å². The number of hydrogen-bond acceptors (Lipinski definition) is 4. The number of amides is 1. The molecule has 0 radical (unpaired) electrons. The van der Waals surface area contributed by atoms with E-state index in [4.69, 9.17) is 14.7 Å². The fourth-order valence-corrected chi connectivity index (χ4v) is 1.54. The molecule has 1 heterocycles. The van der Waals surface area contributed by atoms with Crippen molar-refractivity contribution in [3.05, 3.63) is 0 Å². The van der Waals surface area contributed by atoms with Crippen LogP contribution in [0.3, 0.4) is 0 Å². The molecule has 5 heteroatoms. The molecule has 16 heavy (non-hydrogen) atoms. The molecule has 1 aliphatic heterocycles. The maximum atomic E-state index is 11.3. The highest BCUT2D eigenvalue weighted by Gasteiger charge is 2.27. The predicted octanol–water partition coefficient (Wildman–Crippen LogP) is 1.44. The number of rotatable bonds is 4. The molecule has 1 amide bonds. The third kappa shape index (κ3) is 4.07. The zero-order valence-corrected chi connectivity index (χ0v) is 9.57. The summed E-state index contributed by atoms with van der Waals surface area (Å²) >= 11 is 0. The van der Waals surface area contributed by atoms with Gasteiger partial charge < -0.3 is 14.8 Å². The fraction of sp³-hybridized carbons (Fsp3) is 0.818. The number of alkyl carbamates (subject to hydrolysis) is 1. The summed E-state index contributed by atoms with van der Waals surface area (Å²) in [5.41, 5.74) is 0. The maximum absolute atomic E-state index is 11.3. The quantitative estimate of drug-likeness (QED) is 0.736. The lowest BCUT2D eigenvalue weighted by Gasteiger charge is -2.27. The highest BCUT2D eigenvalue weighted by Crippen LogP contribution is 2.14. The molecule has 1 saturated heterocycles. The standard InChI is InChI=1S/C11H18N2O3/c1-2-3-5-16-11(14)13-10-8-15-6-4-9(10)7-12/h9-10H,2-6,8H2,1H3,(H,13,14)/t9-,10+/m0/s1. The fourth-order valence-electron chi connectivity index (χ4n) is 1.54. The first-order valence-electron chi connectivity index (χ1n) is 5.68. The SMILES string of the molecule is CCCCOC(=O)N[C@@H]1COCC[C@H]1C#N. The Morgan fingerprint density at radius 3 is 3.19 bits per heavy atom. The molecule has 1 rings (SSSR count). The van der Waals surface area contributed by atoms with Crippen LogP contribution in [0.1, 0.15) is 26.2 Å². The van der Waals surface area contributed by atoms with E-state index in [2.05, 4.69) is 11.4 Å². The zero-order chi connectivity index (χ0) is 11.8. The Hall–Kier alpha value is -1.28. The zero-order valence-electron chi connectivity index (χ0n) is 9.57. The van der Waals surface area contributed by atoms with Gasteiger partial charge in [0.15, 0.2) is 0 Å². The summed E-state index contributed by atoms with van der Waals surface area (Å²) in [5.74, 6) is -0.174. The average molecular weight is 226 g/mol. The highest BCUT2D eigenvalue weighted by atomic mass is 16.5. The van der Waals surface area contributed by atoms with E-state index in [1.54, 1.807) is 0 Å². The predicted molar refractivity (Wildman–Crippen MR) is 57.7 cm³/mol. The molecule has 1 fully saturated rings. The van der Waals surface area contributed by atoms with Crippen LogP contribution < -0.4 is 5.32 Å². The van der Waals surface area contributed by atoms with Crippen molar-refractivity contribution in [2.24, 2.45) is 5.92 Å². The van der Waals surface area contributed by atoms with Gasteiger partial charge in [0.1, 0.15) is 0 Å². The second-order valence-corrected chi connectivity index (χ2v) is 3.84. The topological polar surface area (TPSA) is 71.3 Å². The van der Waals surface area contributed by atoms with Gasteiger partial charge >= 0.3 is 6.09 Å². The molecule has 0 aromatic heterocycles. The van der Waals surface area contributed by atoms with Crippen LogP contribution in [0.5, 0.6) is 0 Å². The Morgan fingerprint density at radius 1 is 1.69 bits per heavy atom. The number of unbranched alkanes of at least 4 members (excludes halogenated alkanes) is 1. The van der Waals surface area contributed by atoms with E-state index in [-0.39, 0.29) is 12.0 Å². The van der Waals surface area contributed by atoms with Crippen molar-refractivity contribution in [2.75, 3.05) is 19.8 Å². The third-order valence-corrected chi connectivity index (χ3v) is 2.56. The van der Waals surface area contributed by atoms with E-state index in [1.807, 2.05) is 6.92 Å². The Balaban J connectivity index is 2.28. The van der Waals surface area contributed by atoms with Crippen molar-refractivity contribution >= 4 is 6.09 Å². The summed E-state index contributed by atoms with van der Waals surface area (Å²) in [6.45, 7) is 3.43. The minimum atomic E-state index is -0.454. The lowest BCUT2D eigenvalue weighted by atomic mass is 9.97. The summed E-state index contributed by atoms with van der Waals surface area (Å²) < 4.78 is 10.2. The Morgan fingerprint density at radius 2 is 2.50 bits per heavy atom. The lowest BCUT2D eigenvalue weighted by Crippen LogP contribution is -2.46. The molecule has 0 unspecified atom stereocenters. The normalized spacial score (nSPS) is 24.5. The van der Waals surface area contributed by atoms with Gasteiger partial charge in [-0.25, -0.2) is 4.79 Å². The largest absolute Gasteiger partial charge is 0.450 e. The van der Waals surface area contributed by atoms with Crippen LogP contribution >= 0.6 is 0 Å². The van der Waals surface area contributed by atoms with Crippen molar-refractivity contribution in [3.8, 4) is 6.07 Å². The number of ether oxygens (including phenoxy) is 2. The maximum Gasteiger partial charge on any atom is 0.407 e. The first-order chi connectivity index (χ1) is 7.77. The monoisotopic (exact) mass is 226 g/mol. The first kappa shape index (κ1) is 12.8. The van der Waals surface area contributed by atoms with E-state index >= 15 is 0 Å². The van der Waals surface area contributed by atoms with Crippen LogP contribution in [0.4, 0.5) is 4.79 Å². The molecule has 1 aliphatic rings. The van der Waals surface area contributed by atoms with Gasteiger partial charge in [0, 0.05) is 6.61 Å². The van der Waals surface area contributed by atoms with Crippen molar-refractivity contribution in [3.63, 3.8) is 0 Å². The van der Waals surface area contributed by atoms with Crippen LogP contribution in [0.2, 0.25) is 0 Å². The number of carbonyl (C=O) groups is 1. The van der Waals surface area contributed by atoms with E-state index in [0.29, 0.717) is 26.2 Å². The molecule has 90 valence electrons. The van der Waals surface area contributed by atoms with Gasteiger partial charge in [-0.05, 0) is 12.8 Å². The van der Waals surface area contributed by atoms with Crippen molar-refractivity contribution in [1.29, 1.82) is 5.26 Å². The van der Waals surface area contributed by atoms with Gasteiger partial charge in [-0.15, -0.1) is 0 Å². The summed E-state index contributed by atoms with van der Waals surface area (Å²) in [7, 11) is 0. The Labute approximate surface area is 95.7 Å². The lowest BCUT2D eigenvalue weighted by molar-refractivity contribution is 0.0475. The summed E-state index contributed by atoms with van der Waals surface area (Å²) in [4.78, 5) is 11.3. The minimum Gasteiger partial charge on any atom is -0.450 e. The molecular weight excluding hydrogens is 208 g/mol. The number of carbonyl (C=O) groups excluding carboxylic acids is 1. The van der Waals surface area contributed by atoms with Gasteiger partial charge in [-0.2, -0.15) is 5.26 Å². The molecule has 2 atom stereocenters. The summed E-state index contributed by atoms with van der Waals surface area (Å²) in [5, 5.41) is 11.6. The highest BCUT2D eigenvalue weighted by molar-refractivity contribution is 5.67. The smallest absolute Gasteiger partial charge is 0.407 e. The number of hydrogen-bond donors (Lipinski definition) is 1. The van der Waals surface area contributed by atoms with E-state index in [0.717, 1.165) is 12.8 Å². The minimum absolute atomic E-state index is 0.174. The van der Waals surface area contributed by atoms with Crippen LogP contribution in [0, 0.1) is 17.2 Å². The second-order valence-electron chi connectivity index (χ2n) is 3.84. The molecule has 0 bridgehead atoms. The molecule has 5 nitrogen and oxygen atoms in total. The number of nitrogens with one attached hydrogen (secondary N) is 1. The molecule has 0 aromatic rings. The van der Waals surface area contributed by atoms with E-state index in [9.17, 15) is 4.79 Å². The second kappa shape index (κ2) is 7.07. The van der Waals surface area contributed by atoms with Gasteiger partial charge in [0.2, 0.25) is 0 Å². The molecule has 0 aliphatic carbocycles. The van der Waals surface area contributed by atoms with Crippen molar-refractivity contribution in [2.45, 2.75) is 32.2 Å². The summed E-state index contributed by atoms with van der Waals surface area (Å²) in [6, 6.07) is 1.93. The van der Waals surface area contributed by atoms with Gasteiger partial charge in [-0.1, -0.05) is 13.3 Å².